The van der Waals surface area contributed by atoms with Crippen LogP contribution in [0.4, 0.5) is 0 Å². The van der Waals surface area contributed by atoms with Gasteiger partial charge in [-0.25, -0.2) is 0 Å². The minimum atomic E-state index is -0.141. The Morgan fingerprint density at radius 2 is 1.68 bits per heavy atom. The summed E-state index contributed by atoms with van der Waals surface area (Å²) < 4.78 is 11.0. The molecule has 0 heterocycles. The Morgan fingerprint density at radius 3 is 2.32 bits per heavy atom. The predicted molar refractivity (Wildman–Crippen MR) is 100 cm³/mol. The van der Waals surface area contributed by atoms with Gasteiger partial charge in [-0.15, -0.1) is 0 Å². The lowest BCUT2D eigenvalue weighted by molar-refractivity contribution is -0.123. The maximum absolute atomic E-state index is 12.7. The van der Waals surface area contributed by atoms with Gasteiger partial charge in [0.05, 0.1) is 19.6 Å². The average molecular weight is 341 g/mol. The standard InChI is InChI=1S/C21H27NO3/c1-4-16(2)20(17-10-6-5-7-11-17)21(23)22-14-15-25-19-13-9-8-12-18(19)24-3/h5-13,16,20H,4,14-15H2,1-3H3,(H,22,23). The Labute approximate surface area is 150 Å². The third-order valence-electron chi connectivity index (χ3n) is 4.38. The second kappa shape index (κ2) is 9.72. The highest BCUT2D eigenvalue weighted by Gasteiger charge is 2.25. The van der Waals surface area contributed by atoms with Gasteiger partial charge in [0.1, 0.15) is 6.61 Å². The van der Waals surface area contributed by atoms with E-state index in [0.29, 0.717) is 24.7 Å². The molecule has 0 aliphatic heterocycles. The lowest BCUT2D eigenvalue weighted by atomic mass is 9.85. The SMILES string of the molecule is CCC(C)C(C(=O)NCCOc1ccccc1OC)c1ccccc1. The molecule has 4 nitrogen and oxygen atoms in total. The molecule has 25 heavy (non-hydrogen) atoms. The Kier molecular flexibility index (Phi) is 7.33. The molecular weight excluding hydrogens is 314 g/mol. The Balaban J connectivity index is 1.91. The number of para-hydroxylation sites is 2. The Morgan fingerprint density at radius 1 is 1.04 bits per heavy atom. The van der Waals surface area contributed by atoms with Gasteiger partial charge in [0, 0.05) is 0 Å². The van der Waals surface area contributed by atoms with E-state index in [2.05, 4.69) is 19.2 Å². The Bertz CT molecular complexity index is 657. The first kappa shape index (κ1) is 18.8. The molecule has 0 aliphatic carbocycles. The fourth-order valence-corrected chi connectivity index (χ4v) is 2.82. The third kappa shape index (κ3) is 5.24. The van der Waals surface area contributed by atoms with Gasteiger partial charge >= 0.3 is 0 Å². The van der Waals surface area contributed by atoms with E-state index in [0.717, 1.165) is 12.0 Å². The monoisotopic (exact) mass is 341 g/mol. The fourth-order valence-electron chi connectivity index (χ4n) is 2.82. The summed E-state index contributed by atoms with van der Waals surface area (Å²) in [6, 6.07) is 17.4. The zero-order chi connectivity index (χ0) is 18.1. The maximum Gasteiger partial charge on any atom is 0.227 e. The zero-order valence-corrected chi connectivity index (χ0v) is 15.2. The zero-order valence-electron chi connectivity index (χ0n) is 15.2. The fraction of sp³-hybridized carbons (Fsp3) is 0.381. The van der Waals surface area contributed by atoms with Crippen LogP contribution in [0.5, 0.6) is 11.5 Å². The van der Waals surface area contributed by atoms with Crippen molar-refractivity contribution in [1.29, 1.82) is 0 Å². The van der Waals surface area contributed by atoms with Crippen LogP contribution in [0.1, 0.15) is 31.7 Å². The smallest absolute Gasteiger partial charge is 0.227 e. The second-order valence-electron chi connectivity index (χ2n) is 6.06. The van der Waals surface area contributed by atoms with Crippen LogP contribution in [0.2, 0.25) is 0 Å². The molecule has 2 rings (SSSR count). The summed E-state index contributed by atoms with van der Waals surface area (Å²) in [4.78, 5) is 12.7. The molecule has 2 aromatic carbocycles. The number of ether oxygens (including phenoxy) is 2. The molecule has 0 bridgehead atoms. The minimum Gasteiger partial charge on any atom is -0.493 e. The van der Waals surface area contributed by atoms with E-state index in [1.165, 1.54) is 0 Å². The van der Waals surface area contributed by atoms with Crippen LogP contribution in [0.25, 0.3) is 0 Å². The number of carbonyl (C=O) groups is 1. The number of hydrogen-bond donors (Lipinski definition) is 1. The van der Waals surface area contributed by atoms with Gasteiger partial charge in [0.15, 0.2) is 11.5 Å². The van der Waals surface area contributed by atoms with E-state index in [-0.39, 0.29) is 17.7 Å². The number of methoxy groups -OCH3 is 1. The lowest BCUT2D eigenvalue weighted by Gasteiger charge is -2.23. The predicted octanol–water partition coefficient (Wildman–Crippen LogP) is 4.02. The van der Waals surface area contributed by atoms with E-state index in [1.807, 2.05) is 54.6 Å². The van der Waals surface area contributed by atoms with Crippen molar-refractivity contribution in [3.8, 4) is 11.5 Å². The molecule has 0 fully saturated rings. The summed E-state index contributed by atoms with van der Waals surface area (Å²) in [5.74, 6) is 1.55. The first-order chi connectivity index (χ1) is 12.2. The topological polar surface area (TPSA) is 47.6 Å². The highest BCUT2D eigenvalue weighted by molar-refractivity contribution is 5.83. The van der Waals surface area contributed by atoms with Crippen molar-refractivity contribution in [3.05, 3.63) is 60.2 Å². The summed E-state index contributed by atoms with van der Waals surface area (Å²) in [7, 11) is 1.61. The van der Waals surface area contributed by atoms with Crippen LogP contribution in [0, 0.1) is 5.92 Å². The van der Waals surface area contributed by atoms with E-state index in [9.17, 15) is 4.79 Å². The van der Waals surface area contributed by atoms with Crippen LogP contribution in [-0.4, -0.2) is 26.2 Å². The maximum atomic E-state index is 12.7. The van der Waals surface area contributed by atoms with Crippen molar-refractivity contribution in [1.82, 2.24) is 5.32 Å². The molecule has 2 unspecified atom stereocenters. The first-order valence-electron chi connectivity index (χ1n) is 8.75. The summed E-state index contributed by atoms with van der Waals surface area (Å²) in [5, 5.41) is 3.00. The van der Waals surface area contributed by atoms with Crippen LogP contribution in [0.15, 0.2) is 54.6 Å². The van der Waals surface area contributed by atoms with Crippen molar-refractivity contribution in [2.24, 2.45) is 5.92 Å². The molecule has 0 radical (unpaired) electrons. The third-order valence-corrected chi connectivity index (χ3v) is 4.38. The van der Waals surface area contributed by atoms with E-state index < -0.39 is 0 Å². The molecule has 2 atom stereocenters. The van der Waals surface area contributed by atoms with Gasteiger partial charge in [-0.05, 0) is 23.6 Å². The normalized spacial score (nSPS) is 12.9. The molecule has 0 aromatic heterocycles. The van der Waals surface area contributed by atoms with Crippen molar-refractivity contribution < 1.29 is 14.3 Å². The number of nitrogens with one attached hydrogen (secondary N) is 1. The molecule has 1 N–H and O–H groups in total. The molecular formula is C21H27NO3. The molecule has 2 aromatic rings. The van der Waals surface area contributed by atoms with Crippen molar-refractivity contribution in [3.63, 3.8) is 0 Å². The van der Waals surface area contributed by atoms with E-state index in [4.69, 9.17) is 9.47 Å². The molecule has 0 aliphatic rings. The van der Waals surface area contributed by atoms with E-state index >= 15 is 0 Å². The number of rotatable bonds is 9. The lowest BCUT2D eigenvalue weighted by Crippen LogP contribution is -2.35. The van der Waals surface area contributed by atoms with Crippen LogP contribution < -0.4 is 14.8 Å². The second-order valence-corrected chi connectivity index (χ2v) is 6.06. The number of benzene rings is 2. The number of amides is 1. The number of hydrogen-bond acceptors (Lipinski definition) is 3. The first-order valence-corrected chi connectivity index (χ1v) is 8.75. The largest absolute Gasteiger partial charge is 0.493 e. The highest BCUT2D eigenvalue weighted by atomic mass is 16.5. The van der Waals surface area contributed by atoms with Gasteiger partial charge in [0.25, 0.3) is 0 Å². The molecule has 1 amide bonds. The quantitative estimate of drug-likeness (QED) is 0.701. The molecule has 0 saturated carbocycles. The summed E-state index contributed by atoms with van der Waals surface area (Å²) in [6.07, 6.45) is 0.949. The van der Waals surface area contributed by atoms with Gasteiger partial charge in [0.2, 0.25) is 5.91 Å². The molecule has 0 saturated heterocycles. The van der Waals surface area contributed by atoms with Crippen molar-refractivity contribution in [2.45, 2.75) is 26.2 Å². The number of carbonyl (C=O) groups excluding carboxylic acids is 1. The van der Waals surface area contributed by atoms with Crippen LogP contribution in [0.3, 0.4) is 0 Å². The molecule has 134 valence electrons. The highest BCUT2D eigenvalue weighted by Crippen LogP contribution is 2.27. The van der Waals surface area contributed by atoms with Gasteiger partial charge in [-0.3, -0.25) is 4.79 Å². The summed E-state index contributed by atoms with van der Waals surface area (Å²) >= 11 is 0. The minimum absolute atomic E-state index is 0.0455. The van der Waals surface area contributed by atoms with Crippen molar-refractivity contribution in [2.75, 3.05) is 20.3 Å². The van der Waals surface area contributed by atoms with Crippen LogP contribution >= 0.6 is 0 Å². The van der Waals surface area contributed by atoms with Crippen LogP contribution in [-0.2, 0) is 4.79 Å². The molecule has 0 spiro atoms. The van der Waals surface area contributed by atoms with Crippen molar-refractivity contribution >= 4 is 5.91 Å². The Hall–Kier alpha value is -2.49. The molecule has 4 heteroatoms. The van der Waals surface area contributed by atoms with Gasteiger partial charge in [-0.1, -0.05) is 62.7 Å². The van der Waals surface area contributed by atoms with E-state index in [1.54, 1.807) is 7.11 Å². The van der Waals surface area contributed by atoms with Gasteiger partial charge < -0.3 is 14.8 Å². The summed E-state index contributed by atoms with van der Waals surface area (Å²) in [6.45, 7) is 5.08. The average Bonchev–Trinajstić information content (AvgIpc) is 2.66. The summed E-state index contributed by atoms with van der Waals surface area (Å²) in [5.41, 5.74) is 1.06. The van der Waals surface area contributed by atoms with Gasteiger partial charge in [-0.2, -0.15) is 0 Å².